The van der Waals surface area contributed by atoms with Crippen LogP contribution in [0.15, 0.2) is 11.6 Å². The predicted octanol–water partition coefficient (Wildman–Crippen LogP) is 3.52. The van der Waals surface area contributed by atoms with E-state index in [-0.39, 0.29) is 43.3 Å². The Morgan fingerprint density at radius 2 is 1.65 bits per heavy atom. The second kappa shape index (κ2) is 9.45. The van der Waals surface area contributed by atoms with E-state index in [1.165, 1.54) is 13.8 Å². The molecule has 4 aliphatic carbocycles. The van der Waals surface area contributed by atoms with E-state index in [4.69, 9.17) is 4.74 Å². The van der Waals surface area contributed by atoms with E-state index in [0.717, 1.165) is 5.57 Å². The van der Waals surface area contributed by atoms with Gasteiger partial charge in [0.05, 0.1) is 17.8 Å². The molecule has 0 saturated heterocycles. The minimum atomic E-state index is -1.89. The molecular weight excluding hydrogens is 512 g/mol. The van der Waals surface area contributed by atoms with Gasteiger partial charge in [0.15, 0.2) is 5.78 Å². The average Bonchev–Trinajstić information content (AvgIpc) is 3.02. The number of allylic oxidation sites excluding steroid dienone is 1. The van der Waals surface area contributed by atoms with E-state index in [2.05, 4.69) is 13.0 Å². The van der Waals surface area contributed by atoms with Crippen molar-refractivity contribution in [2.24, 2.45) is 39.4 Å². The van der Waals surface area contributed by atoms with Gasteiger partial charge < -0.3 is 25.2 Å². The second-order valence-electron chi connectivity index (χ2n) is 15.4. The lowest BCUT2D eigenvalue weighted by Gasteiger charge is -2.65. The summed E-state index contributed by atoms with van der Waals surface area (Å²) in [6.07, 6.45) is 0.931. The first-order valence-electron chi connectivity index (χ1n) is 14.8. The number of fused-ring (bicyclic) bond motifs is 5. The number of aliphatic hydroxyl groups is 4. The van der Waals surface area contributed by atoms with Gasteiger partial charge in [-0.05, 0) is 69.1 Å². The standard InChI is InChI=1S/C32H50O8/c1-17(33)40-21-15-29(6)22-11-10-18-19(14-20(34)26(37)28(18,4)5)31(22,8)24(36)16-30(29,7)25(21)32(9,39)23(35)12-13-27(2,3)38/h10,19-22,25-26,34,37-39H,11-16H2,1-9H3/t19-,20+,21-,22+,25+,26-,29+,30-,31+,32+/m1/s1. The molecule has 0 aromatic rings. The van der Waals surface area contributed by atoms with E-state index in [1.807, 2.05) is 27.7 Å². The van der Waals surface area contributed by atoms with E-state index >= 15 is 0 Å². The van der Waals surface area contributed by atoms with Crippen molar-refractivity contribution in [3.8, 4) is 0 Å². The third kappa shape index (κ3) is 4.35. The van der Waals surface area contributed by atoms with Crippen molar-refractivity contribution in [2.45, 2.75) is 130 Å². The number of ketones is 2. The highest BCUT2D eigenvalue weighted by molar-refractivity contribution is 5.90. The first kappa shape index (κ1) is 31.3. The molecule has 4 rings (SSSR count). The fraction of sp³-hybridized carbons (Fsp3) is 0.844. The number of hydrogen-bond donors (Lipinski definition) is 4. The van der Waals surface area contributed by atoms with Crippen LogP contribution in [-0.4, -0.2) is 67.5 Å². The van der Waals surface area contributed by atoms with Crippen LogP contribution in [0, 0.1) is 39.4 Å². The maximum atomic E-state index is 14.4. The lowest BCUT2D eigenvalue weighted by atomic mass is 9.38. The van der Waals surface area contributed by atoms with Gasteiger partial charge in [-0.1, -0.05) is 46.3 Å². The highest BCUT2D eigenvalue weighted by Crippen LogP contribution is 2.74. The molecule has 0 aromatic carbocycles. The zero-order valence-corrected chi connectivity index (χ0v) is 25.7. The number of carbonyl (C=O) groups is 3. The highest BCUT2D eigenvalue weighted by Gasteiger charge is 2.75. The molecule has 226 valence electrons. The van der Waals surface area contributed by atoms with Gasteiger partial charge in [0.25, 0.3) is 0 Å². The molecule has 0 aliphatic heterocycles. The Balaban J connectivity index is 1.82. The molecule has 3 saturated carbocycles. The van der Waals surface area contributed by atoms with Crippen molar-refractivity contribution >= 4 is 17.5 Å². The summed E-state index contributed by atoms with van der Waals surface area (Å²) in [4.78, 5) is 40.3. The van der Waals surface area contributed by atoms with Crippen LogP contribution in [0.1, 0.15) is 101 Å². The summed E-state index contributed by atoms with van der Waals surface area (Å²) in [7, 11) is 0. The van der Waals surface area contributed by atoms with Crippen molar-refractivity contribution < 1.29 is 39.5 Å². The summed E-state index contributed by atoms with van der Waals surface area (Å²) < 4.78 is 5.85. The Morgan fingerprint density at radius 3 is 2.20 bits per heavy atom. The van der Waals surface area contributed by atoms with Gasteiger partial charge in [-0.2, -0.15) is 0 Å². The smallest absolute Gasteiger partial charge is 0.302 e. The lowest BCUT2D eigenvalue weighted by Crippen LogP contribution is -2.65. The van der Waals surface area contributed by atoms with E-state index < -0.39 is 68.8 Å². The fourth-order valence-corrected chi connectivity index (χ4v) is 9.68. The van der Waals surface area contributed by atoms with Gasteiger partial charge in [0.1, 0.15) is 17.5 Å². The Hall–Kier alpha value is -1.61. The highest BCUT2D eigenvalue weighted by atomic mass is 16.5. The minimum absolute atomic E-state index is 0.0145. The van der Waals surface area contributed by atoms with E-state index in [0.29, 0.717) is 12.8 Å². The van der Waals surface area contributed by atoms with Crippen LogP contribution in [-0.2, 0) is 19.1 Å². The van der Waals surface area contributed by atoms with Crippen LogP contribution in [0.3, 0.4) is 0 Å². The van der Waals surface area contributed by atoms with E-state index in [9.17, 15) is 34.8 Å². The predicted molar refractivity (Wildman–Crippen MR) is 149 cm³/mol. The van der Waals surface area contributed by atoms with Gasteiger partial charge >= 0.3 is 5.97 Å². The van der Waals surface area contributed by atoms with Crippen molar-refractivity contribution in [3.63, 3.8) is 0 Å². The Bertz CT molecular complexity index is 1110. The molecule has 4 N–H and O–H groups in total. The molecule has 0 bridgehead atoms. The Kier molecular flexibility index (Phi) is 7.40. The molecule has 10 atom stereocenters. The summed E-state index contributed by atoms with van der Waals surface area (Å²) in [5.41, 5.74) is -4.95. The number of hydrogen-bond acceptors (Lipinski definition) is 8. The normalized spacial score (nSPS) is 44.0. The summed E-state index contributed by atoms with van der Waals surface area (Å²) in [5, 5.41) is 43.9. The molecular formula is C32H50O8. The molecule has 8 heteroatoms. The largest absolute Gasteiger partial charge is 0.462 e. The first-order valence-corrected chi connectivity index (χ1v) is 14.8. The SMILES string of the molecule is CC(=O)O[C@@H]1C[C@@]2(C)[C@@H]3CC=C4[C@@H](C[C@H](O)[C@@H](O)C4(C)C)[C@]3(C)C(=O)C[C@]2(C)[C@H]1[C@@](C)(O)C(=O)CCC(C)(C)O. The topological polar surface area (TPSA) is 141 Å². The average molecular weight is 563 g/mol. The van der Waals surface area contributed by atoms with Gasteiger partial charge in [-0.3, -0.25) is 14.4 Å². The summed E-state index contributed by atoms with van der Waals surface area (Å²) in [6, 6.07) is 0. The molecule has 0 aromatic heterocycles. The van der Waals surface area contributed by atoms with Crippen molar-refractivity contribution in [3.05, 3.63) is 11.6 Å². The van der Waals surface area contributed by atoms with Crippen LogP contribution < -0.4 is 0 Å². The maximum Gasteiger partial charge on any atom is 0.302 e. The molecule has 0 heterocycles. The van der Waals surface area contributed by atoms with Crippen molar-refractivity contribution in [2.75, 3.05) is 0 Å². The Morgan fingerprint density at radius 1 is 1.05 bits per heavy atom. The first-order chi connectivity index (χ1) is 18.0. The van der Waals surface area contributed by atoms with Crippen molar-refractivity contribution in [1.82, 2.24) is 0 Å². The monoisotopic (exact) mass is 562 g/mol. The van der Waals surface area contributed by atoms with Gasteiger partial charge in [0.2, 0.25) is 0 Å². The fourth-order valence-electron chi connectivity index (χ4n) is 9.68. The van der Waals surface area contributed by atoms with Crippen molar-refractivity contribution in [1.29, 1.82) is 0 Å². The number of ether oxygens (including phenoxy) is 1. The summed E-state index contributed by atoms with van der Waals surface area (Å²) in [5.74, 6) is -2.21. The third-order valence-corrected chi connectivity index (χ3v) is 12.1. The van der Waals surface area contributed by atoms with E-state index in [1.54, 1.807) is 13.8 Å². The maximum absolute atomic E-state index is 14.4. The van der Waals surface area contributed by atoms with Gasteiger partial charge in [-0.15, -0.1) is 0 Å². The zero-order chi connectivity index (χ0) is 30.4. The molecule has 8 nitrogen and oxygen atoms in total. The molecule has 0 radical (unpaired) electrons. The Labute approximate surface area is 238 Å². The summed E-state index contributed by atoms with van der Waals surface area (Å²) >= 11 is 0. The van der Waals surface area contributed by atoms with Crippen LogP contribution in [0.4, 0.5) is 0 Å². The number of aliphatic hydroxyl groups excluding tert-OH is 2. The van der Waals surface area contributed by atoms with Crippen LogP contribution in [0.5, 0.6) is 0 Å². The van der Waals surface area contributed by atoms with Crippen LogP contribution in [0.25, 0.3) is 0 Å². The van der Waals surface area contributed by atoms with Crippen LogP contribution in [0.2, 0.25) is 0 Å². The molecule has 40 heavy (non-hydrogen) atoms. The number of esters is 1. The second-order valence-corrected chi connectivity index (χ2v) is 15.4. The van der Waals surface area contributed by atoms with Gasteiger partial charge in [-0.25, -0.2) is 0 Å². The third-order valence-electron chi connectivity index (χ3n) is 12.1. The molecule has 0 amide bonds. The van der Waals surface area contributed by atoms with Crippen LogP contribution >= 0.6 is 0 Å². The molecule has 0 spiro atoms. The molecule has 0 unspecified atom stereocenters. The minimum Gasteiger partial charge on any atom is -0.462 e. The number of carbonyl (C=O) groups excluding carboxylic acids is 3. The molecule has 4 aliphatic rings. The number of Topliss-reactive ketones (excluding diaryl/α,β-unsaturated/α-hetero) is 2. The quantitative estimate of drug-likeness (QED) is 0.285. The zero-order valence-electron chi connectivity index (χ0n) is 25.7. The van der Waals surface area contributed by atoms with Gasteiger partial charge in [0, 0.05) is 36.5 Å². The number of rotatable bonds is 6. The molecule has 3 fully saturated rings. The lowest BCUT2D eigenvalue weighted by molar-refractivity contribution is -0.189. The summed E-state index contributed by atoms with van der Waals surface area (Å²) in [6.45, 7) is 15.9.